The van der Waals surface area contributed by atoms with Gasteiger partial charge in [-0.3, -0.25) is 14.6 Å². The number of hydrogen-bond donors (Lipinski definition) is 2. The second kappa shape index (κ2) is 11.4. The Kier molecular flexibility index (Phi) is 8.01. The van der Waals surface area contributed by atoms with Gasteiger partial charge in [0.2, 0.25) is 11.8 Å². The number of aryl methyl sites for hydroxylation is 1. The van der Waals surface area contributed by atoms with Gasteiger partial charge in [-0.2, -0.15) is 0 Å². The van der Waals surface area contributed by atoms with Gasteiger partial charge in [0.1, 0.15) is 16.9 Å². The Balaban J connectivity index is 1.42. The van der Waals surface area contributed by atoms with Crippen LogP contribution in [0.3, 0.4) is 0 Å². The molecule has 0 saturated carbocycles. The van der Waals surface area contributed by atoms with E-state index >= 15 is 0 Å². The van der Waals surface area contributed by atoms with Gasteiger partial charge in [-0.25, -0.2) is 9.37 Å². The van der Waals surface area contributed by atoms with Crippen molar-refractivity contribution in [2.45, 2.75) is 57.7 Å². The Morgan fingerprint density at radius 3 is 2.74 bits per heavy atom. The molecule has 1 aromatic carbocycles. The first-order valence-corrected chi connectivity index (χ1v) is 14.1. The zero-order valence-electron chi connectivity index (χ0n) is 22.0. The minimum absolute atomic E-state index is 0.0263. The molecule has 2 aliphatic rings. The van der Waals surface area contributed by atoms with Crippen molar-refractivity contribution in [1.29, 1.82) is 0 Å². The van der Waals surface area contributed by atoms with Crippen LogP contribution < -0.4 is 10.6 Å². The summed E-state index contributed by atoms with van der Waals surface area (Å²) in [6, 6.07) is 5.37. The number of rotatable bonds is 7. The van der Waals surface area contributed by atoms with E-state index in [1.165, 1.54) is 23.5 Å². The molecule has 2 aliphatic heterocycles. The summed E-state index contributed by atoms with van der Waals surface area (Å²) < 4.78 is 19.6. The lowest BCUT2D eigenvalue weighted by molar-refractivity contribution is -0.140. The molecule has 202 valence electrons. The molecule has 4 heterocycles. The largest absolute Gasteiger partial charge is 0.381 e. The molecule has 10 heteroatoms. The van der Waals surface area contributed by atoms with Gasteiger partial charge in [-0.05, 0) is 76.8 Å². The van der Waals surface area contributed by atoms with Crippen molar-refractivity contribution in [3.05, 3.63) is 46.2 Å². The van der Waals surface area contributed by atoms with Crippen LogP contribution in [0.4, 0.5) is 4.39 Å². The molecule has 2 aromatic heterocycles. The van der Waals surface area contributed by atoms with E-state index in [9.17, 15) is 14.0 Å². The second-order valence-corrected chi connectivity index (χ2v) is 11.1. The zero-order chi connectivity index (χ0) is 26.8. The number of likely N-dealkylation sites (tertiary alicyclic amines) is 1. The average Bonchev–Trinajstić information content (AvgIpc) is 3.61. The number of halogens is 1. The van der Waals surface area contributed by atoms with E-state index in [1.54, 1.807) is 20.0 Å². The monoisotopic (exact) mass is 539 g/mol. The summed E-state index contributed by atoms with van der Waals surface area (Å²) in [4.78, 5) is 38.2. The van der Waals surface area contributed by atoms with Gasteiger partial charge in [-0.1, -0.05) is 0 Å². The maximum absolute atomic E-state index is 14.1. The lowest BCUT2D eigenvalue weighted by Crippen LogP contribution is -2.56. The summed E-state index contributed by atoms with van der Waals surface area (Å²) in [6.07, 6.45) is 3.14. The summed E-state index contributed by atoms with van der Waals surface area (Å²) in [7, 11) is 1.73. The fourth-order valence-corrected chi connectivity index (χ4v) is 6.38. The number of aromatic nitrogens is 2. The Morgan fingerprint density at radius 1 is 1.18 bits per heavy atom. The van der Waals surface area contributed by atoms with Crippen LogP contribution in [-0.4, -0.2) is 65.6 Å². The maximum Gasteiger partial charge on any atom is 0.246 e. The Bertz CT molecular complexity index is 1330. The van der Waals surface area contributed by atoms with E-state index in [2.05, 4.69) is 15.6 Å². The zero-order valence-corrected chi connectivity index (χ0v) is 22.8. The van der Waals surface area contributed by atoms with Crippen molar-refractivity contribution in [2.24, 2.45) is 5.92 Å². The van der Waals surface area contributed by atoms with Crippen LogP contribution in [0.1, 0.15) is 49.4 Å². The van der Waals surface area contributed by atoms with Crippen LogP contribution in [0.25, 0.3) is 22.2 Å². The van der Waals surface area contributed by atoms with Crippen LogP contribution >= 0.6 is 11.3 Å². The van der Waals surface area contributed by atoms with Crippen molar-refractivity contribution in [3.8, 4) is 11.3 Å². The fourth-order valence-electron chi connectivity index (χ4n) is 5.41. The van der Waals surface area contributed by atoms with Gasteiger partial charge in [0.05, 0.1) is 23.3 Å². The van der Waals surface area contributed by atoms with E-state index in [-0.39, 0.29) is 29.6 Å². The summed E-state index contributed by atoms with van der Waals surface area (Å²) in [5.74, 6) is -0.531. The Labute approximate surface area is 226 Å². The van der Waals surface area contributed by atoms with Crippen molar-refractivity contribution in [1.82, 2.24) is 25.5 Å². The third-order valence-corrected chi connectivity index (χ3v) is 8.59. The number of ether oxygens (including phenoxy) is 1. The normalized spacial score (nSPS) is 20.0. The maximum atomic E-state index is 14.1. The van der Waals surface area contributed by atoms with Crippen molar-refractivity contribution >= 4 is 34.1 Å². The first-order valence-electron chi connectivity index (χ1n) is 13.2. The number of carbonyl (C=O) groups is 2. The number of benzene rings is 1. The summed E-state index contributed by atoms with van der Waals surface area (Å²) >= 11 is 1.51. The van der Waals surface area contributed by atoms with Crippen LogP contribution in [0.2, 0.25) is 0 Å². The van der Waals surface area contributed by atoms with Crippen LogP contribution in [0, 0.1) is 18.7 Å². The van der Waals surface area contributed by atoms with E-state index in [0.717, 1.165) is 53.2 Å². The third-order valence-electron chi connectivity index (χ3n) is 7.65. The number of carbonyl (C=O) groups excluding carboxylic acids is 2. The SMILES string of the molecule is CN[C@@H](C)C(=O)N[C@H](C(=O)N1CCC[C@H]1c1nc(-c2cc(C)nc3ccc(F)cc23)cs1)C1CCOCC1. The van der Waals surface area contributed by atoms with Crippen molar-refractivity contribution in [3.63, 3.8) is 0 Å². The van der Waals surface area contributed by atoms with Crippen LogP contribution in [0.5, 0.6) is 0 Å². The molecular formula is C28H34FN5O3S. The van der Waals surface area contributed by atoms with Crippen molar-refractivity contribution in [2.75, 3.05) is 26.8 Å². The summed E-state index contributed by atoms with van der Waals surface area (Å²) in [6.45, 7) is 5.50. The van der Waals surface area contributed by atoms with E-state index < -0.39 is 12.1 Å². The molecule has 0 radical (unpaired) electrons. The van der Waals surface area contributed by atoms with E-state index in [4.69, 9.17) is 9.72 Å². The number of likely N-dealkylation sites (N-methyl/N-ethyl adjacent to an activating group) is 1. The number of nitrogens with one attached hydrogen (secondary N) is 2. The minimum atomic E-state index is -0.600. The minimum Gasteiger partial charge on any atom is -0.381 e. The molecule has 0 spiro atoms. The molecule has 2 fully saturated rings. The fraction of sp³-hybridized carbons (Fsp3) is 0.500. The van der Waals surface area contributed by atoms with Gasteiger partial charge >= 0.3 is 0 Å². The predicted octanol–water partition coefficient (Wildman–Crippen LogP) is 3.99. The number of thiazole rings is 1. The van der Waals surface area contributed by atoms with Crippen LogP contribution in [-0.2, 0) is 14.3 Å². The summed E-state index contributed by atoms with van der Waals surface area (Å²) in [5.41, 5.74) is 3.14. The third kappa shape index (κ3) is 5.43. The van der Waals surface area contributed by atoms with Gasteiger partial charge in [-0.15, -0.1) is 11.3 Å². The molecule has 0 aliphatic carbocycles. The lowest BCUT2D eigenvalue weighted by Gasteiger charge is -2.35. The molecule has 5 rings (SSSR count). The molecule has 2 amide bonds. The Morgan fingerprint density at radius 2 is 1.97 bits per heavy atom. The van der Waals surface area contributed by atoms with Crippen LogP contribution in [0.15, 0.2) is 29.6 Å². The molecule has 0 unspecified atom stereocenters. The molecule has 0 bridgehead atoms. The highest BCUT2D eigenvalue weighted by atomic mass is 32.1. The van der Waals surface area contributed by atoms with Gasteiger partial charge in [0, 0.05) is 41.8 Å². The number of fused-ring (bicyclic) bond motifs is 1. The first-order chi connectivity index (χ1) is 18.4. The molecule has 38 heavy (non-hydrogen) atoms. The van der Waals surface area contributed by atoms with Gasteiger partial charge < -0.3 is 20.3 Å². The quantitative estimate of drug-likeness (QED) is 0.472. The number of nitrogens with zero attached hydrogens (tertiary/aromatic N) is 3. The molecular weight excluding hydrogens is 505 g/mol. The summed E-state index contributed by atoms with van der Waals surface area (Å²) in [5, 5.41) is 9.54. The molecule has 2 saturated heterocycles. The van der Waals surface area contributed by atoms with Gasteiger partial charge in [0.25, 0.3) is 0 Å². The average molecular weight is 540 g/mol. The number of pyridine rings is 1. The smallest absolute Gasteiger partial charge is 0.246 e. The topological polar surface area (TPSA) is 96.5 Å². The highest BCUT2D eigenvalue weighted by Crippen LogP contribution is 2.38. The first kappa shape index (κ1) is 26.6. The second-order valence-electron chi connectivity index (χ2n) is 10.2. The van der Waals surface area contributed by atoms with Gasteiger partial charge in [0.15, 0.2) is 0 Å². The standard InChI is InChI=1S/C28H34FN5O3S/c1-16-13-20(21-14-19(29)6-7-22(21)31-16)23-15-38-27(32-23)24-5-4-10-34(24)28(36)25(18-8-11-37-12-9-18)33-26(35)17(2)30-3/h6-7,13-15,17-18,24-25,30H,4-5,8-12H2,1-3H3,(H,33,35)/t17-,24-,25-/m0/s1. The molecule has 3 aromatic rings. The molecule has 2 N–H and O–H groups in total. The molecule has 8 nitrogen and oxygen atoms in total. The molecule has 3 atom stereocenters. The van der Waals surface area contributed by atoms with E-state index in [1.807, 2.05) is 23.3 Å². The number of amides is 2. The van der Waals surface area contributed by atoms with E-state index in [0.29, 0.717) is 25.1 Å². The van der Waals surface area contributed by atoms with Crippen molar-refractivity contribution < 1.29 is 18.7 Å². The highest BCUT2D eigenvalue weighted by molar-refractivity contribution is 7.10. The lowest BCUT2D eigenvalue weighted by atomic mass is 9.90. The Hall–Kier alpha value is -2.95. The predicted molar refractivity (Wildman–Crippen MR) is 145 cm³/mol. The highest BCUT2D eigenvalue weighted by Gasteiger charge is 2.40. The number of hydrogen-bond acceptors (Lipinski definition) is 7.